The van der Waals surface area contributed by atoms with Gasteiger partial charge < -0.3 is 4.98 Å². The van der Waals surface area contributed by atoms with Gasteiger partial charge in [0.1, 0.15) is 11.5 Å². The molecule has 0 aromatic carbocycles. The number of aromatic amines is 1. The van der Waals surface area contributed by atoms with Gasteiger partial charge in [-0.05, 0) is 0 Å². The highest BCUT2D eigenvalue weighted by Crippen LogP contribution is 1.94. The molecule has 9 heavy (non-hydrogen) atoms. The van der Waals surface area contributed by atoms with E-state index in [1.54, 1.807) is 6.20 Å². The number of nitrogens with one attached hydrogen (secondary N) is 1. The van der Waals surface area contributed by atoms with Crippen LogP contribution in [0.15, 0.2) is 6.20 Å². The van der Waals surface area contributed by atoms with Crippen molar-refractivity contribution in [3.8, 4) is 12.3 Å². The third-order valence-electron chi connectivity index (χ3n) is 1.12. The Hall–Kier alpha value is -1.23. The van der Waals surface area contributed by atoms with E-state index in [1.165, 1.54) is 0 Å². The third kappa shape index (κ3) is 1.11. The second-order valence-corrected chi connectivity index (χ2v) is 1.74. The maximum absolute atomic E-state index is 5.10. The van der Waals surface area contributed by atoms with Gasteiger partial charge in [0, 0.05) is 6.42 Å². The molecule has 0 aliphatic rings. The van der Waals surface area contributed by atoms with Gasteiger partial charge in [-0.25, -0.2) is 4.98 Å². The van der Waals surface area contributed by atoms with Crippen LogP contribution < -0.4 is 0 Å². The number of rotatable bonds is 1. The molecule has 1 aromatic rings. The molecule has 0 bridgehead atoms. The van der Waals surface area contributed by atoms with Crippen LogP contribution >= 0.6 is 0 Å². The van der Waals surface area contributed by atoms with E-state index >= 15 is 0 Å². The first-order chi connectivity index (χ1) is 4.36. The molecule has 1 rings (SSSR count). The highest BCUT2D eigenvalue weighted by atomic mass is 14.9. The molecule has 46 valence electrons. The zero-order valence-electron chi connectivity index (χ0n) is 5.31. The monoisotopic (exact) mass is 120 g/mol. The number of hydrogen-bond acceptors (Lipinski definition) is 1. The van der Waals surface area contributed by atoms with Crippen LogP contribution in [0.4, 0.5) is 0 Å². The number of aromatic nitrogens is 2. The summed E-state index contributed by atoms with van der Waals surface area (Å²) in [6.45, 7) is 2.03. The molecule has 0 spiro atoms. The molecule has 1 N–H and O–H groups in total. The molecule has 0 aliphatic carbocycles. The summed E-state index contributed by atoms with van der Waals surface area (Å²) in [7, 11) is 0. The number of imidazole rings is 1. The van der Waals surface area contributed by atoms with Crippen molar-refractivity contribution in [3.05, 3.63) is 17.7 Å². The van der Waals surface area contributed by atoms with Gasteiger partial charge in [0.05, 0.1) is 6.20 Å². The molecule has 1 heterocycles. The van der Waals surface area contributed by atoms with E-state index in [0.717, 1.165) is 17.9 Å². The van der Waals surface area contributed by atoms with E-state index in [2.05, 4.69) is 15.9 Å². The van der Waals surface area contributed by atoms with Gasteiger partial charge in [-0.1, -0.05) is 12.8 Å². The average molecular weight is 120 g/mol. The van der Waals surface area contributed by atoms with Crippen molar-refractivity contribution in [2.24, 2.45) is 0 Å². The molecule has 0 unspecified atom stereocenters. The first kappa shape index (κ1) is 5.90. The SMILES string of the molecule is C#Cc1cnc(CC)[nH]1. The molecule has 2 nitrogen and oxygen atoms in total. The third-order valence-corrected chi connectivity index (χ3v) is 1.12. The van der Waals surface area contributed by atoms with Gasteiger partial charge in [0.2, 0.25) is 0 Å². The van der Waals surface area contributed by atoms with Crippen LogP contribution in [0.5, 0.6) is 0 Å². The minimum atomic E-state index is 0.756. The number of terminal acetylenes is 1. The van der Waals surface area contributed by atoms with E-state index < -0.39 is 0 Å². The predicted octanol–water partition coefficient (Wildman–Crippen LogP) is 0.953. The Kier molecular flexibility index (Phi) is 1.55. The Bertz CT molecular complexity index is 229. The standard InChI is InChI=1S/C7H8N2/c1-3-6-5-8-7(4-2)9-6/h1,5H,4H2,2H3,(H,8,9). The summed E-state index contributed by atoms with van der Waals surface area (Å²) in [6.07, 6.45) is 7.67. The lowest BCUT2D eigenvalue weighted by atomic mass is 10.5. The minimum absolute atomic E-state index is 0.756. The Morgan fingerprint density at radius 1 is 1.89 bits per heavy atom. The molecule has 2 heteroatoms. The summed E-state index contributed by atoms with van der Waals surface area (Å²) in [5.41, 5.74) is 0.756. The summed E-state index contributed by atoms with van der Waals surface area (Å²) >= 11 is 0. The highest BCUT2D eigenvalue weighted by Gasteiger charge is 1.91. The van der Waals surface area contributed by atoms with Crippen molar-refractivity contribution < 1.29 is 0 Å². The molecular weight excluding hydrogens is 112 g/mol. The summed E-state index contributed by atoms with van der Waals surface area (Å²) in [5.74, 6) is 3.41. The Balaban J connectivity index is 2.90. The normalized spacial score (nSPS) is 8.89. The van der Waals surface area contributed by atoms with Crippen LogP contribution in [0.1, 0.15) is 18.4 Å². The largest absolute Gasteiger partial charge is 0.336 e. The molecule has 0 amide bonds. The van der Waals surface area contributed by atoms with E-state index in [9.17, 15) is 0 Å². The Morgan fingerprint density at radius 3 is 3.00 bits per heavy atom. The van der Waals surface area contributed by atoms with Gasteiger partial charge in [-0.15, -0.1) is 6.42 Å². The number of nitrogens with zero attached hydrogens (tertiary/aromatic N) is 1. The van der Waals surface area contributed by atoms with Crippen LogP contribution in [-0.4, -0.2) is 9.97 Å². The van der Waals surface area contributed by atoms with E-state index in [0.29, 0.717) is 0 Å². The quantitative estimate of drug-likeness (QED) is 0.549. The lowest BCUT2D eigenvalue weighted by Crippen LogP contribution is -1.80. The van der Waals surface area contributed by atoms with Crippen LogP contribution in [0.25, 0.3) is 0 Å². The van der Waals surface area contributed by atoms with Crippen molar-refractivity contribution in [3.63, 3.8) is 0 Å². The second-order valence-electron chi connectivity index (χ2n) is 1.74. The lowest BCUT2D eigenvalue weighted by molar-refractivity contribution is 0.987. The van der Waals surface area contributed by atoms with Crippen molar-refractivity contribution in [2.45, 2.75) is 13.3 Å². The molecule has 0 saturated heterocycles. The maximum Gasteiger partial charge on any atom is 0.109 e. The summed E-state index contributed by atoms with van der Waals surface area (Å²) in [5, 5.41) is 0. The van der Waals surface area contributed by atoms with Crippen LogP contribution in [0, 0.1) is 12.3 Å². The molecular formula is C7H8N2. The molecule has 0 atom stereocenters. The molecule has 0 fully saturated rings. The van der Waals surface area contributed by atoms with Gasteiger partial charge >= 0.3 is 0 Å². The molecule has 0 aliphatic heterocycles. The fourth-order valence-electron chi connectivity index (χ4n) is 0.615. The second kappa shape index (κ2) is 2.36. The molecule has 1 aromatic heterocycles. The van der Waals surface area contributed by atoms with E-state index in [1.807, 2.05) is 6.92 Å². The lowest BCUT2D eigenvalue weighted by Gasteiger charge is -1.81. The first-order valence-electron chi connectivity index (χ1n) is 2.87. The molecule has 0 radical (unpaired) electrons. The van der Waals surface area contributed by atoms with Gasteiger partial charge in [0.25, 0.3) is 0 Å². The summed E-state index contributed by atoms with van der Waals surface area (Å²) < 4.78 is 0. The maximum atomic E-state index is 5.10. The van der Waals surface area contributed by atoms with Crippen molar-refractivity contribution >= 4 is 0 Å². The smallest absolute Gasteiger partial charge is 0.109 e. The number of H-pyrrole nitrogens is 1. The first-order valence-corrected chi connectivity index (χ1v) is 2.87. The van der Waals surface area contributed by atoms with E-state index in [-0.39, 0.29) is 0 Å². The highest BCUT2D eigenvalue weighted by molar-refractivity contribution is 5.21. The summed E-state index contributed by atoms with van der Waals surface area (Å²) in [4.78, 5) is 6.97. The van der Waals surface area contributed by atoms with Crippen LogP contribution in [-0.2, 0) is 6.42 Å². The fourth-order valence-corrected chi connectivity index (χ4v) is 0.615. The van der Waals surface area contributed by atoms with Gasteiger partial charge in [-0.3, -0.25) is 0 Å². The Labute approximate surface area is 54.3 Å². The average Bonchev–Trinajstić information content (AvgIpc) is 2.34. The minimum Gasteiger partial charge on any atom is -0.336 e. The van der Waals surface area contributed by atoms with Crippen molar-refractivity contribution in [1.82, 2.24) is 9.97 Å². The van der Waals surface area contributed by atoms with Gasteiger partial charge in [0.15, 0.2) is 0 Å². The zero-order chi connectivity index (χ0) is 6.69. The van der Waals surface area contributed by atoms with Gasteiger partial charge in [-0.2, -0.15) is 0 Å². The fraction of sp³-hybridized carbons (Fsp3) is 0.286. The number of aryl methyl sites for hydroxylation is 1. The van der Waals surface area contributed by atoms with Crippen molar-refractivity contribution in [1.29, 1.82) is 0 Å². The Morgan fingerprint density at radius 2 is 2.67 bits per heavy atom. The van der Waals surface area contributed by atoms with Crippen LogP contribution in [0.2, 0.25) is 0 Å². The number of hydrogen-bond donors (Lipinski definition) is 1. The molecule has 0 saturated carbocycles. The van der Waals surface area contributed by atoms with Crippen molar-refractivity contribution in [2.75, 3.05) is 0 Å². The summed E-state index contributed by atoms with van der Waals surface area (Å²) in [6, 6.07) is 0. The van der Waals surface area contributed by atoms with E-state index in [4.69, 9.17) is 6.42 Å². The van der Waals surface area contributed by atoms with Crippen LogP contribution in [0.3, 0.4) is 0 Å². The zero-order valence-corrected chi connectivity index (χ0v) is 5.31. The topological polar surface area (TPSA) is 28.7 Å². The predicted molar refractivity (Wildman–Crippen MR) is 35.9 cm³/mol.